The molecule has 0 saturated carbocycles. The Hall–Kier alpha value is -1.46. The van der Waals surface area contributed by atoms with Gasteiger partial charge in [-0.1, -0.05) is 0 Å². The highest BCUT2D eigenvalue weighted by molar-refractivity contribution is 9.11. The summed E-state index contributed by atoms with van der Waals surface area (Å²) in [6.07, 6.45) is 1.92. The highest BCUT2D eigenvalue weighted by Gasteiger charge is 2.05. The standard InChI is InChI=1S/C15H12Br2N2O/c16-12-5-9(6-13(17)15(12)18)8-20-11-2-1-10-3-4-19-14(10)7-11/h1-7,19H,8,18H2. The number of halogens is 2. The smallest absolute Gasteiger partial charge is 0.121 e. The quantitative estimate of drug-likeness (QED) is 0.622. The molecular formula is C15H12Br2N2O. The van der Waals surface area contributed by atoms with Crippen LogP contribution < -0.4 is 10.5 Å². The Morgan fingerprint density at radius 1 is 1.05 bits per heavy atom. The topological polar surface area (TPSA) is 51.0 Å². The van der Waals surface area contributed by atoms with E-state index in [4.69, 9.17) is 10.5 Å². The van der Waals surface area contributed by atoms with Crippen LogP contribution in [0.5, 0.6) is 5.75 Å². The molecule has 5 heteroatoms. The van der Waals surface area contributed by atoms with Crippen molar-refractivity contribution in [2.75, 3.05) is 5.73 Å². The number of nitrogens with two attached hydrogens (primary N) is 1. The molecule has 1 aromatic heterocycles. The third kappa shape index (κ3) is 2.69. The lowest BCUT2D eigenvalue weighted by Gasteiger charge is -2.09. The summed E-state index contributed by atoms with van der Waals surface area (Å²) >= 11 is 6.87. The fraction of sp³-hybridized carbons (Fsp3) is 0.0667. The minimum atomic E-state index is 0.490. The zero-order valence-corrected chi connectivity index (χ0v) is 13.7. The van der Waals surface area contributed by atoms with Gasteiger partial charge in [0.25, 0.3) is 0 Å². The van der Waals surface area contributed by atoms with Gasteiger partial charge in [0.2, 0.25) is 0 Å². The maximum Gasteiger partial charge on any atom is 0.121 e. The summed E-state index contributed by atoms with van der Waals surface area (Å²) in [6.45, 7) is 0.490. The molecule has 0 atom stereocenters. The molecule has 0 radical (unpaired) electrons. The normalized spacial score (nSPS) is 10.9. The Morgan fingerprint density at radius 2 is 1.80 bits per heavy atom. The van der Waals surface area contributed by atoms with E-state index in [-0.39, 0.29) is 0 Å². The van der Waals surface area contributed by atoms with Gasteiger partial charge in [-0.2, -0.15) is 0 Å². The number of anilines is 1. The minimum Gasteiger partial charge on any atom is -0.489 e. The number of fused-ring (bicyclic) bond motifs is 1. The monoisotopic (exact) mass is 394 g/mol. The van der Waals surface area contributed by atoms with E-state index < -0.39 is 0 Å². The average molecular weight is 396 g/mol. The fourth-order valence-corrected chi connectivity index (χ4v) is 3.28. The summed E-state index contributed by atoms with van der Waals surface area (Å²) in [4.78, 5) is 3.17. The van der Waals surface area contributed by atoms with Gasteiger partial charge >= 0.3 is 0 Å². The summed E-state index contributed by atoms with van der Waals surface area (Å²) < 4.78 is 7.55. The van der Waals surface area contributed by atoms with E-state index in [1.807, 2.05) is 42.6 Å². The minimum absolute atomic E-state index is 0.490. The van der Waals surface area contributed by atoms with E-state index in [2.05, 4.69) is 36.8 Å². The zero-order valence-electron chi connectivity index (χ0n) is 10.5. The SMILES string of the molecule is Nc1c(Br)cc(COc2ccc3cc[nH]c3c2)cc1Br. The molecule has 3 aromatic rings. The van der Waals surface area contributed by atoms with Crippen LogP contribution in [0, 0.1) is 0 Å². The highest BCUT2D eigenvalue weighted by atomic mass is 79.9. The molecule has 0 aliphatic rings. The summed E-state index contributed by atoms with van der Waals surface area (Å²) in [7, 11) is 0. The van der Waals surface area contributed by atoms with Crippen molar-refractivity contribution in [3.05, 3.63) is 57.1 Å². The van der Waals surface area contributed by atoms with Crippen molar-refractivity contribution in [1.29, 1.82) is 0 Å². The number of aromatic amines is 1. The maximum absolute atomic E-state index is 5.87. The van der Waals surface area contributed by atoms with Crippen molar-refractivity contribution < 1.29 is 4.74 Å². The number of H-pyrrole nitrogens is 1. The van der Waals surface area contributed by atoms with Crippen LogP contribution in [-0.2, 0) is 6.61 Å². The summed E-state index contributed by atoms with van der Waals surface area (Å²) in [5, 5.41) is 1.18. The van der Waals surface area contributed by atoms with Gasteiger partial charge in [0.1, 0.15) is 12.4 Å². The number of nitrogen functional groups attached to an aromatic ring is 1. The Morgan fingerprint density at radius 3 is 2.55 bits per heavy atom. The third-order valence-electron chi connectivity index (χ3n) is 3.07. The molecule has 102 valence electrons. The molecule has 0 bridgehead atoms. The Bertz CT molecular complexity index is 744. The van der Waals surface area contributed by atoms with Gasteiger partial charge in [-0.25, -0.2) is 0 Å². The van der Waals surface area contributed by atoms with E-state index in [0.29, 0.717) is 12.3 Å². The van der Waals surface area contributed by atoms with Crippen molar-refractivity contribution >= 4 is 48.5 Å². The summed E-state index contributed by atoms with van der Waals surface area (Å²) in [5.41, 5.74) is 8.68. The predicted octanol–water partition coefficient (Wildman–Crippen LogP) is 4.85. The molecule has 0 aliphatic heterocycles. The number of ether oxygens (including phenoxy) is 1. The first-order chi connectivity index (χ1) is 9.63. The molecular weight excluding hydrogens is 384 g/mol. The fourth-order valence-electron chi connectivity index (χ4n) is 2.00. The van der Waals surface area contributed by atoms with Gasteiger partial charge in [-0.15, -0.1) is 0 Å². The molecule has 2 aromatic carbocycles. The first kappa shape index (κ1) is 13.5. The Kier molecular flexibility index (Phi) is 3.72. The predicted molar refractivity (Wildman–Crippen MR) is 88.9 cm³/mol. The Labute approximate surface area is 133 Å². The van der Waals surface area contributed by atoms with Crippen LogP contribution >= 0.6 is 31.9 Å². The number of hydrogen-bond acceptors (Lipinski definition) is 2. The molecule has 0 spiro atoms. The second-order valence-electron chi connectivity index (χ2n) is 4.49. The van der Waals surface area contributed by atoms with Gasteiger partial charge in [0.05, 0.1) is 5.69 Å². The molecule has 20 heavy (non-hydrogen) atoms. The van der Waals surface area contributed by atoms with Crippen molar-refractivity contribution in [2.24, 2.45) is 0 Å². The van der Waals surface area contributed by atoms with Crippen molar-refractivity contribution in [3.8, 4) is 5.75 Å². The average Bonchev–Trinajstić information content (AvgIpc) is 2.89. The lowest BCUT2D eigenvalue weighted by molar-refractivity contribution is 0.306. The number of aromatic nitrogens is 1. The van der Waals surface area contributed by atoms with E-state index in [1.54, 1.807) is 0 Å². The maximum atomic E-state index is 5.87. The van der Waals surface area contributed by atoms with E-state index >= 15 is 0 Å². The number of hydrogen-bond donors (Lipinski definition) is 2. The summed E-state index contributed by atoms with van der Waals surface area (Å²) in [5.74, 6) is 0.837. The van der Waals surface area contributed by atoms with Crippen LogP contribution in [0.3, 0.4) is 0 Å². The number of rotatable bonds is 3. The molecule has 0 aliphatic carbocycles. The van der Waals surface area contributed by atoms with Gasteiger partial charge in [-0.3, -0.25) is 0 Å². The molecule has 3 rings (SSSR count). The molecule has 1 heterocycles. The molecule has 3 N–H and O–H groups in total. The number of benzene rings is 2. The van der Waals surface area contributed by atoms with Crippen molar-refractivity contribution in [3.63, 3.8) is 0 Å². The van der Waals surface area contributed by atoms with E-state index in [1.165, 1.54) is 5.39 Å². The van der Waals surface area contributed by atoms with Crippen LogP contribution in [-0.4, -0.2) is 4.98 Å². The molecule has 3 nitrogen and oxygen atoms in total. The zero-order chi connectivity index (χ0) is 14.1. The van der Waals surface area contributed by atoms with Crippen molar-refractivity contribution in [2.45, 2.75) is 6.61 Å². The highest BCUT2D eigenvalue weighted by Crippen LogP contribution is 2.30. The molecule has 0 fully saturated rings. The second kappa shape index (κ2) is 5.50. The first-order valence-corrected chi connectivity index (χ1v) is 7.65. The first-order valence-electron chi connectivity index (χ1n) is 6.07. The number of nitrogens with one attached hydrogen (secondary N) is 1. The van der Waals surface area contributed by atoms with Crippen LogP contribution in [0.2, 0.25) is 0 Å². The van der Waals surface area contributed by atoms with Crippen LogP contribution in [0.15, 0.2) is 51.5 Å². The lowest BCUT2D eigenvalue weighted by Crippen LogP contribution is -1.97. The Balaban J connectivity index is 1.78. The van der Waals surface area contributed by atoms with Gasteiger partial charge < -0.3 is 15.5 Å². The molecule has 0 saturated heterocycles. The van der Waals surface area contributed by atoms with Gasteiger partial charge in [0, 0.05) is 26.7 Å². The largest absolute Gasteiger partial charge is 0.489 e. The second-order valence-corrected chi connectivity index (χ2v) is 6.20. The third-order valence-corrected chi connectivity index (χ3v) is 4.38. The lowest BCUT2D eigenvalue weighted by atomic mass is 10.2. The summed E-state index contributed by atoms with van der Waals surface area (Å²) in [6, 6.07) is 12.0. The van der Waals surface area contributed by atoms with Crippen molar-refractivity contribution in [1.82, 2.24) is 4.98 Å². The van der Waals surface area contributed by atoms with Gasteiger partial charge in [0.15, 0.2) is 0 Å². The van der Waals surface area contributed by atoms with E-state index in [9.17, 15) is 0 Å². The van der Waals surface area contributed by atoms with Gasteiger partial charge in [-0.05, 0) is 73.1 Å². The van der Waals surface area contributed by atoms with Crippen LogP contribution in [0.1, 0.15) is 5.56 Å². The van der Waals surface area contributed by atoms with E-state index in [0.717, 1.165) is 25.8 Å². The molecule has 0 unspecified atom stereocenters. The molecule has 0 amide bonds. The van der Waals surface area contributed by atoms with Crippen LogP contribution in [0.4, 0.5) is 5.69 Å². The van der Waals surface area contributed by atoms with Crippen LogP contribution in [0.25, 0.3) is 10.9 Å².